The van der Waals surface area contributed by atoms with Crippen molar-refractivity contribution in [3.63, 3.8) is 0 Å². The summed E-state index contributed by atoms with van der Waals surface area (Å²) in [6, 6.07) is 0. The SMILES string of the molecule is COC(=O)CCCCn1nc(N)nc1Br. The minimum atomic E-state index is -0.188. The van der Waals surface area contributed by atoms with E-state index in [0.29, 0.717) is 17.7 Å². The zero-order valence-electron chi connectivity index (χ0n) is 8.44. The number of nitrogen functional groups attached to an aromatic ring is 1. The number of aryl methyl sites for hydroxylation is 1. The van der Waals surface area contributed by atoms with Crippen molar-refractivity contribution in [3.05, 3.63) is 4.73 Å². The van der Waals surface area contributed by atoms with Gasteiger partial charge < -0.3 is 10.5 Å². The molecule has 7 heteroatoms. The van der Waals surface area contributed by atoms with Gasteiger partial charge in [-0.15, -0.1) is 5.10 Å². The maximum atomic E-state index is 10.8. The van der Waals surface area contributed by atoms with Gasteiger partial charge in [0.25, 0.3) is 0 Å². The number of halogens is 1. The lowest BCUT2D eigenvalue weighted by atomic mass is 10.2. The number of nitrogens with two attached hydrogens (primary N) is 1. The third kappa shape index (κ3) is 3.86. The van der Waals surface area contributed by atoms with Crippen molar-refractivity contribution in [2.75, 3.05) is 12.8 Å². The van der Waals surface area contributed by atoms with Gasteiger partial charge in [0.2, 0.25) is 5.95 Å². The molecule has 15 heavy (non-hydrogen) atoms. The first-order valence-corrected chi connectivity index (χ1v) is 5.35. The molecule has 0 amide bonds. The Morgan fingerprint density at radius 2 is 2.33 bits per heavy atom. The fourth-order valence-corrected chi connectivity index (χ4v) is 1.55. The van der Waals surface area contributed by atoms with Crippen LogP contribution in [-0.4, -0.2) is 27.8 Å². The van der Waals surface area contributed by atoms with Crippen molar-refractivity contribution < 1.29 is 9.53 Å². The first-order chi connectivity index (χ1) is 7.13. The normalized spacial score (nSPS) is 10.3. The Kier molecular flexibility index (Phi) is 4.54. The summed E-state index contributed by atoms with van der Waals surface area (Å²) in [7, 11) is 1.39. The molecule has 1 aromatic heterocycles. The molecule has 1 heterocycles. The van der Waals surface area contributed by atoms with Crippen LogP contribution >= 0.6 is 15.9 Å². The molecule has 0 atom stereocenters. The van der Waals surface area contributed by atoms with Gasteiger partial charge in [-0.3, -0.25) is 4.79 Å². The number of methoxy groups -OCH3 is 1. The second kappa shape index (κ2) is 5.69. The van der Waals surface area contributed by atoms with E-state index in [1.165, 1.54) is 7.11 Å². The topological polar surface area (TPSA) is 83.0 Å². The first kappa shape index (κ1) is 12.0. The Morgan fingerprint density at radius 3 is 2.87 bits per heavy atom. The van der Waals surface area contributed by atoms with Crippen molar-refractivity contribution in [2.24, 2.45) is 0 Å². The fourth-order valence-electron chi connectivity index (χ4n) is 1.11. The number of nitrogens with zero attached hydrogens (tertiary/aromatic N) is 3. The first-order valence-electron chi connectivity index (χ1n) is 4.56. The zero-order valence-corrected chi connectivity index (χ0v) is 10.0. The number of unbranched alkanes of at least 4 members (excludes halogenated alkanes) is 1. The maximum absolute atomic E-state index is 10.8. The van der Waals surface area contributed by atoms with E-state index in [0.717, 1.165) is 12.8 Å². The Hall–Kier alpha value is -1.11. The van der Waals surface area contributed by atoms with Gasteiger partial charge in [-0.2, -0.15) is 4.98 Å². The molecule has 1 aromatic rings. The molecular formula is C8H13BrN4O2. The average Bonchev–Trinajstić information content (AvgIpc) is 2.52. The summed E-state index contributed by atoms with van der Waals surface area (Å²) in [4.78, 5) is 14.7. The molecule has 0 bridgehead atoms. The fraction of sp³-hybridized carbons (Fsp3) is 0.625. The van der Waals surface area contributed by atoms with E-state index in [9.17, 15) is 4.79 Å². The molecule has 0 radical (unpaired) electrons. The number of hydrogen-bond acceptors (Lipinski definition) is 5. The van der Waals surface area contributed by atoms with Gasteiger partial charge in [-0.25, -0.2) is 4.68 Å². The molecule has 0 aliphatic carbocycles. The zero-order chi connectivity index (χ0) is 11.3. The maximum Gasteiger partial charge on any atom is 0.305 e. The highest BCUT2D eigenvalue weighted by molar-refractivity contribution is 9.10. The molecule has 84 valence electrons. The molecule has 0 aliphatic heterocycles. The molecule has 2 N–H and O–H groups in total. The van der Waals surface area contributed by atoms with E-state index >= 15 is 0 Å². The smallest absolute Gasteiger partial charge is 0.305 e. The van der Waals surface area contributed by atoms with E-state index < -0.39 is 0 Å². The van der Waals surface area contributed by atoms with Gasteiger partial charge in [0, 0.05) is 13.0 Å². The highest BCUT2D eigenvalue weighted by Crippen LogP contribution is 2.09. The number of ether oxygens (including phenoxy) is 1. The van der Waals surface area contributed by atoms with Gasteiger partial charge in [-0.05, 0) is 28.8 Å². The van der Waals surface area contributed by atoms with E-state index in [-0.39, 0.29) is 11.9 Å². The van der Waals surface area contributed by atoms with Gasteiger partial charge in [0.05, 0.1) is 7.11 Å². The lowest BCUT2D eigenvalue weighted by molar-refractivity contribution is -0.140. The van der Waals surface area contributed by atoms with Gasteiger partial charge in [0.1, 0.15) is 0 Å². The van der Waals surface area contributed by atoms with Gasteiger partial charge in [-0.1, -0.05) is 0 Å². The number of anilines is 1. The van der Waals surface area contributed by atoms with Crippen LogP contribution in [0.15, 0.2) is 4.73 Å². The Labute approximate surface area is 95.9 Å². The van der Waals surface area contributed by atoms with Gasteiger partial charge >= 0.3 is 5.97 Å². The van der Waals surface area contributed by atoms with Crippen LogP contribution in [0, 0.1) is 0 Å². The van der Waals surface area contributed by atoms with Crippen molar-refractivity contribution >= 4 is 27.8 Å². The Balaban J connectivity index is 2.26. The van der Waals surface area contributed by atoms with Crippen LogP contribution in [0.4, 0.5) is 5.95 Å². The van der Waals surface area contributed by atoms with E-state index in [1.54, 1.807) is 4.68 Å². The average molecular weight is 277 g/mol. The van der Waals surface area contributed by atoms with Gasteiger partial charge in [0.15, 0.2) is 4.73 Å². The summed E-state index contributed by atoms with van der Waals surface area (Å²) in [5.74, 6) is 0.0574. The molecule has 0 saturated carbocycles. The van der Waals surface area contributed by atoms with Crippen LogP contribution in [0.25, 0.3) is 0 Å². The molecule has 0 saturated heterocycles. The minimum Gasteiger partial charge on any atom is -0.469 e. The second-order valence-corrected chi connectivity index (χ2v) is 3.70. The number of hydrogen-bond donors (Lipinski definition) is 1. The molecule has 1 rings (SSSR count). The minimum absolute atomic E-state index is 0.188. The standard InChI is InChI=1S/C8H13BrN4O2/c1-15-6(14)4-2-3-5-13-7(9)11-8(10)12-13/h2-5H2,1H3,(H2,10,12). The highest BCUT2D eigenvalue weighted by Gasteiger charge is 2.04. The Morgan fingerprint density at radius 1 is 1.60 bits per heavy atom. The third-order valence-electron chi connectivity index (χ3n) is 1.87. The van der Waals surface area contributed by atoms with Crippen LogP contribution in [0.5, 0.6) is 0 Å². The number of esters is 1. The Bertz CT molecular complexity index is 339. The summed E-state index contributed by atoms with van der Waals surface area (Å²) < 4.78 is 6.80. The number of aromatic nitrogens is 3. The van der Waals surface area contributed by atoms with Crippen LogP contribution in [-0.2, 0) is 16.1 Å². The molecule has 0 spiro atoms. The number of carbonyl (C=O) groups excluding carboxylic acids is 1. The van der Waals surface area contributed by atoms with Crippen LogP contribution < -0.4 is 5.73 Å². The van der Waals surface area contributed by atoms with Crippen LogP contribution in [0.3, 0.4) is 0 Å². The highest BCUT2D eigenvalue weighted by atomic mass is 79.9. The quantitative estimate of drug-likeness (QED) is 0.640. The predicted octanol–water partition coefficient (Wildman–Crippen LogP) is 0.966. The largest absolute Gasteiger partial charge is 0.469 e. The molecule has 6 nitrogen and oxygen atoms in total. The van der Waals surface area contributed by atoms with E-state index in [1.807, 2.05) is 0 Å². The molecule has 0 aliphatic rings. The van der Waals surface area contributed by atoms with Crippen molar-refractivity contribution in [3.8, 4) is 0 Å². The lowest BCUT2D eigenvalue weighted by Crippen LogP contribution is -2.04. The lowest BCUT2D eigenvalue weighted by Gasteiger charge is -2.01. The van der Waals surface area contributed by atoms with E-state index in [2.05, 4.69) is 30.7 Å². The monoisotopic (exact) mass is 276 g/mol. The van der Waals surface area contributed by atoms with Crippen molar-refractivity contribution in [2.45, 2.75) is 25.8 Å². The molecule has 0 unspecified atom stereocenters. The molecular weight excluding hydrogens is 264 g/mol. The van der Waals surface area contributed by atoms with Crippen LogP contribution in [0.2, 0.25) is 0 Å². The summed E-state index contributed by atoms with van der Waals surface area (Å²) in [5.41, 5.74) is 5.41. The van der Waals surface area contributed by atoms with Crippen molar-refractivity contribution in [1.29, 1.82) is 0 Å². The second-order valence-electron chi connectivity index (χ2n) is 3.00. The summed E-state index contributed by atoms with van der Waals surface area (Å²) in [6.45, 7) is 0.682. The predicted molar refractivity (Wildman–Crippen MR) is 58.0 cm³/mol. The summed E-state index contributed by atoms with van der Waals surface area (Å²) in [6.07, 6.45) is 2.02. The summed E-state index contributed by atoms with van der Waals surface area (Å²) >= 11 is 3.23. The van der Waals surface area contributed by atoms with Crippen LogP contribution in [0.1, 0.15) is 19.3 Å². The molecule has 0 fully saturated rings. The summed E-state index contributed by atoms with van der Waals surface area (Å²) in [5, 5.41) is 3.97. The van der Waals surface area contributed by atoms with E-state index in [4.69, 9.17) is 5.73 Å². The van der Waals surface area contributed by atoms with Crippen molar-refractivity contribution in [1.82, 2.24) is 14.8 Å². The molecule has 0 aromatic carbocycles. The number of rotatable bonds is 5. The third-order valence-corrected chi connectivity index (χ3v) is 2.46. The number of carbonyl (C=O) groups is 1.